The maximum Gasteiger partial charge on any atom is 0.279 e. The molecule has 0 atom stereocenters. The first kappa shape index (κ1) is 16.9. The van der Waals surface area contributed by atoms with E-state index in [-0.39, 0.29) is 17.9 Å². The van der Waals surface area contributed by atoms with Gasteiger partial charge in [0.25, 0.3) is 5.56 Å². The minimum absolute atomic E-state index is 0.198. The summed E-state index contributed by atoms with van der Waals surface area (Å²) >= 11 is 0. The molecule has 0 unspecified atom stereocenters. The first-order chi connectivity index (χ1) is 13.2. The molecule has 6 nitrogen and oxygen atoms in total. The quantitative estimate of drug-likeness (QED) is 0.557. The summed E-state index contributed by atoms with van der Waals surface area (Å²) in [6, 6.07) is 18.6. The molecule has 6 heteroatoms. The molecular weight excluding hydrogens is 340 g/mol. The Balaban J connectivity index is 1.95. The van der Waals surface area contributed by atoms with E-state index in [0.29, 0.717) is 23.4 Å². The molecule has 27 heavy (non-hydrogen) atoms. The highest BCUT2D eigenvalue weighted by molar-refractivity contribution is 5.77. The van der Waals surface area contributed by atoms with Crippen LogP contribution >= 0.6 is 0 Å². The lowest BCUT2D eigenvalue weighted by Gasteiger charge is -2.09. The van der Waals surface area contributed by atoms with Crippen LogP contribution in [0.2, 0.25) is 0 Å². The van der Waals surface area contributed by atoms with Crippen molar-refractivity contribution in [3.05, 3.63) is 89.4 Å². The summed E-state index contributed by atoms with van der Waals surface area (Å²) in [5.74, 6) is 0. The Labute approximate surface area is 155 Å². The summed E-state index contributed by atoms with van der Waals surface area (Å²) in [5, 5.41) is 14.3. The average molecular weight is 358 g/mol. The van der Waals surface area contributed by atoms with Crippen LogP contribution in [0.25, 0.3) is 28.1 Å². The smallest absolute Gasteiger partial charge is 0.279 e. The van der Waals surface area contributed by atoms with Crippen LogP contribution in [0, 0.1) is 0 Å². The zero-order valence-electron chi connectivity index (χ0n) is 14.6. The van der Waals surface area contributed by atoms with Crippen molar-refractivity contribution in [2.75, 3.05) is 0 Å². The zero-order valence-corrected chi connectivity index (χ0v) is 14.6. The van der Waals surface area contributed by atoms with Gasteiger partial charge in [-0.2, -0.15) is 5.10 Å². The molecule has 134 valence electrons. The van der Waals surface area contributed by atoms with Crippen LogP contribution in [-0.4, -0.2) is 24.4 Å². The van der Waals surface area contributed by atoms with Crippen molar-refractivity contribution >= 4 is 11.0 Å². The van der Waals surface area contributed by atoms with E-state index < -0.39 is 0 Å². The molecule has 0 amide bonds. The lowest BCUT2D eigenvalue weighted by molar-refractivity contribution is 0.273. The lowest BCUT2D eigenvalue weighted by atomic mass is 10.2. The molecule has 0 bridgehead atoms. The van der Waals surface area contributed by atoms with Crippen molar-refractivity contribution in [2.24, 2.45) is 0 Å². The molecule has 0 spiro atoms. The molecule has 4 rings (SSSR count). The van der Waals surface area contributed by atoms with E-state index in [1.54, 1.807) is 21.4 Å². The number of para-hydroxylation sites is 3. The van der Waals surface area contributed by atoms with Gasteiger partial charge in [0, 0.05) is 6.54 Å². The van der Waals surface area contributed by atoms with Gasteiger partial charge in [0.15, 0.2) is 5.69 Å². The predicted molar refractivity (Wildman–Crippen MR) is 105 cm³/mol. The van der Waals surface area contributed by atoms with Crippen LogP contribution in [0.15, 0.2) is 78.1 Å². The van der Waals surface area contributed by atoms with Crippen molar-refractivity contribution in [1.82, 2.24) is 19.3 Å². The highest BCUT2D eigenvalue weighted by Crippen LogP contribution is 2.20. The second-order valence-electron chi connectivity index (χ2n) is 6.08. The number of allylic oxidation sites excluding steroid dienone is 1. The van der Waals surface area contributed by atoms with Crippen molar-refractivity contribution in [2.45, 2.75) is 13.2 Å². The molecule has 2 heterocycles. The van der Waals surface area contributed by atoms with Crippen molar-refractivity contribution in [3.63, 3.8) is 0 Å². The van der Waals surface area contributed by atoms with E-state index in [1.807, 2.05) is 54.6 Å². The topological polar surface area (TPSA) is 72.9 Å². The molecular formula is C21H18N4O2. The van der Waals surface area contributed by atoms with Crippen LogP contribution in [0.3, 0.4) is 0 Å². The third kappa shape index (κ3) is 2.96. The monoisotopic (exact) mass is 358 g/mol. The number of aliphatic hydroxyl groups excluding tert-OH is 1. The summed E-state index contributed by atoms with van der Waals surface area (Å²) in [6.07, 6.45) is 1.68. The Morgan fingerprint density at radius 2 is 1.81 bits per heavy atom. The largest absolute Gasteiger partial charge is 0.390 e. The molecule has 0 aliphatic carbocycles. The number of aliphatic hydroxyl groups is 1. The van der Waals surface area contributed by atoms with Gasteiger partial charge in [0.2, 0.25) is 0 Å². The summed E-state index contributed by atoms with van der Waals surface area (Å²) < 4.78 is 3.26. The second-order valence-corrected chi connectivity index (χ2v) is 6.08. The van der Waals surface area contributed by atoms with E-state index in [4.69, 9.17) is 0 Å². The van der Waals surface area contributed by atoms with E-state index >= 15 is 0 Å². The Morgan fingerprint density at radius 1 is 1.07 bits per heavy atom. The molecule has 2 aromatic heterocycles. The summed E-state index contributed by atoms with van der Waals surface area (Å²) in [4.78, 5) is 17.6. The molecule has 0 saturated heterocycles. The maximum absolute atomic E-state index is 13.1. The van der Waals surface area contributed by atoms with Crippen molar-refractivity contribution in [3.8, 4) is 17.1 Å². The molecule has 0 saturated carbocycles. The molecule has 0 aliphatic heterocycles. The van der Waals surface area contributed by atoms with E-state index in [9.17, 15) is 9.90 Å². The van der Waals surface area contributed by atoms with Crippen LogP contribution in [0.1, 0.15) is 5.69 Å². The number of hydrogen-bond acceptors (Lipinski definition) is 4. The molecule has 4 aromatic rings. The molecule has 0 aliphatic rings. The number of aromatic nitrogens is 4. The number of rotatable bonds is 5. The Morgan fingerprint density at radius 3 is 2.56 bits per heavy atom. The fourth-order valence-electron chi connectivity index (χ4n) is 3.11. The fraction of sp³-hybridized carbons (Fsp3) is 0.0952. The number of fused-ring (bicyclic) bond motifs is 1. The van der Waals surface area contributed by atoms with Crippen molar-refractivity contribution in [1.29, 1.82) is 0 Å². The van der Waals surface area contributed by atoms with E-state index in [2.05, 4.69) is 16.7 Å². The Hall–Kier alpha value is -3.51. The van der Waals surface area contributed by atoms with Gasteiger partial charge in [0.05, 0.1) is 29.0 Å². The Bertz CT molecular complexity index is 1180. The first-order valence-electron chi connectivity index (χ1n) is 8.59. The average Bonchev–Trinajstić information content (AvgIpc) is 3.15. The summed E-state index contributed by atoms with van der Waals surface area (Å²) in [6.45, 7) is 3.92. The van der Waals surface area contributed by atoms with Gasteiger partial charge in [-0.05, 0) is 30.3 Å². The highest BCUT2D eigenvalue weighted by Gasteiger charge is 2.17. The minimum Gasteiger partial charge on any atom is -0.390 e. The van der Waals surface area contributed by atoms with Gasteiger partial charge in [-0.1, -0.05) is 36.4 Å². The van der Waals surface area contributed by atoms with Gasteiger partial charge in [-0.15, -0.1) is 6.58 Å². The first-order valence-corrected chi connectivity index (χ1v) is 8.59. The van der Waals surface area contributed by atoms with Gasteiger partial charge in [-0.3, -0.25) is 4.79 Å². The predicted octanol–water partition coefficient (Wildman–Crippen LogP) is 2.93. The number of nitrogens with zero attached hydrogens (tertiary/aromatic N) is 4. The number of hydrogen-bond donors (Lipinski definition) is 1. The summed E-state index contributed by atoms with van der Waals surface area (Å²) in [5.41, 5.74) is 3.28. The second kappa shape index (κ2) is 7.01. The van der Waals surface area contributed by atoms with Gasteiger partial charge < -0.3 is 9.67 Å². The molecule has 0 radical (unpaired) electrons. The third-order valence-corrected chi connectivity index (χ3v) is 4.35. The third-order valence-electron chi connectivity index (χ3n) is 4.35. The van der Waals surface area contributed by atoms with Gasteiger partial charge in [0.1, 0.15) is 5.69 Å². The van der Waals surface area contributed by atoms with Gasteiger partial charge >= 0.3 is 0 Å². The fourth-order valence-corrected chi connectivity index (χ4v) is 3.11. The maximum atomic E-state index is 13.1. The standard InChI is InChI=1S/C21H18N4O2/c1-2-12-24-19-11-7-6-10-17(19)22-20(21(24)27)18-13-16(14-26)25(23-18)15-8-4-3-5-9-15/h2-11,13,26H,1,12,14H2. The van der Waals surface area contributed by atoms with Gasteiger partial charge in [-0.25, -0.2) is 9.67 Å². The lowest BCUT2D eigenvalue weighted by Crippen LogP contribution is -2.23. The molecule has 2 aromatic carbocycles. The van der Waals surface area contributed by atoms with Crippen LogP contribution < -0.4 is 5.56 Å². The number of benzene rings is 2. The zero-order chi connectivity index (χ0) is 18.8. The van der Waals surface area contributed by atoms with E-state index in [1.165, 1.54) is 0 Å². The highest BCUT2D eigenvalue weighted by atomic mass is 16.3. The molecule has 0 fully saturated rings. The van der Waals surface area contributed by atoms with Crippen LogP contribution in [0.4, 0.5) is 0 Å². The van der Waals surface area contributed by atoms with Crippen LogP contribution in [-0.2, 0) is 13.2 Å². The normalized spacial score (nSPS) is 11.0. The SMILES string of the molecule is C=CCn1c(=O)c(-c2cc(CO)n(-c3ccccc3)n2)nc2ccccc21. The molecule has 1 N–H and O–H groups in total. The minimum atomic E-state index is -0.240. The summed E-state index contributed by atoms with van der Waals surface area (Å²) in [7, 11) is 0. The van der Waals surface area contributed by atoms with E-state index in [0.717, 1.165) is 11.2 Å². The van der Waals surface area contributed by atoms with Crippen molar-refractivity contribution < 1.29 is 5.11 Å². The van der Waals surface area contributed by atoms with Crippen LogP contribution in [0.5, 0.6) is 0 Å². The Kier molecular flexibility index (Phi) is 4.40.